The predicted octanol–water partition coefficient (Wildman–Crippen LogP) is 4.61. The Balaban J connectivity index is 1.46. The molecule has 0 atom stereocenters. The number of thioether (sulfide) groups is 1. The molecule has 1 amide bonds. The average Bonchev–Trinajstić information content (AvgIpc) is 3.30. The Morgan fingerprint density at radius 3 is 2.50 bits per heavy atom. The Hall–Kier alpha value is -4.17. The molecule has 4 aromatic rings. The Labute approximate surface area is 201 Å². The summed E-state index contributed by atoms with van der Waals surface area (Å²) in [5.41, 5.74) is 5.60. The number of benzene rings is 3. The van der Waals surface area contributed by atoms with Crippen LogP contribution >= 0.6 is 11.8 Å². The molecule has 7 nitrogen and oxygen atoms in total. The van der Waals surface area contributed by atoms with Crippen molar-refractivity contribution in [1.29, 1.82) is 0 Å². The lowest BCUT2D eigenvalue weighted by Crippen LogP contribution is -2.20. The quantitative estimate of drug-likeness (QED) is 0.162. The number of nitrogens with one attached hydrogen (secondary N) is 1. The minimum absolute atomic E-state index is 0.0968. The number of hydrogen-bond donors (Lipinski definition) is 2. The molecule has 0 saturated heterocycles. The lowest BCUT2D eigenvalue weighted by atomic mass is 10.1. The van der Waals surface area contributed by atoms with E-state index in [0.717, 1.165) is 16.8 Å². The van der Waals surface area contributed by atoms with Crippen LogP contribution < -0.4 is 5.43 Å². The summed E-state index contributed by atoms with van der Waals surface area (Å²) < 4.78 is 1.93. The van der Waals surface area contributed by atoms with E-state index in [4.69, 9.17) is 0 Å². The second-order valence-electron chi connectivity index (χ2n) is 7.27. The number of aromatic hydroxyl groups is 1. The lowest BCUT2D eigenvalue weighted by Gasteiger charge is -2.10. The van der Waals surface area contributed by atoms with Gasteiger partial charge in [-0.15, -0.1) is 16.8 Å². The summed E-state index contributed by atoms with van der Waals surface area (Å²) in [6.45, 7) is 3.69. The first kappa shape index (κ1) is 23.0. The third-order valence-electron chi connectivity index (χ3n) is 4.92. The van der Waals surface area contributed by atoms with Gasteiger partial charge >= 0.3 is 0 Å². The molecular weight excluding hydrogens is 446 g/mol. The second-order valence-corrected chi connectivity index (χ2v) is 8.22. The van der Waals surface area contributed by atoms with Crippen molar-refractivity contribution >= 4 is 23.9 Å². The molecule has 3 aromatic carbocycles. The second kappa shape index (κ2) is 11.1. The van der Waals surface area contributed by atoms with Gasteiger partial charge < -0.3 is 5.11 Å². The van der Waals surface area contributed by atoms with Gasteiger partial charge in [0.1, 0.15) is 5.75 Å². The van der Waals surface area contributed by atoms with E-state index in [2.05, 4.69) is 27.3 Å². The number of carbonyl (C=O) groups is 1. The molecule has 1 aromatic heterocycles. The monoisotopic (exact) mass is 469 g/mol. The Morgan fingerprint density at radius 1 is 1.03 bits per heavy atom. The smallest absolute Gasteiger partial charge is 0.250 e. The molecule has 34 heavy (non-hydrogen) atoms. The van der Waals surface area contributed by atoms with Crippen LogP contribution in [0.15, 0.2) is 102 Å². The van der Waals surface area contributed by atoms with E-state index in [9.17, 15) is 9.90 Å². The van der Waals surface area contributed by atoms with Crippen LogP contribution in [0.3, 0.4) is 0 Å². The highest BCUT2D eigenvalue weighted by molar-refractivity contribution is 7.99. The van der Waals surface area contributed by atoms with Crippen LogP contribution in [0, 0.1) is 0 Å². The van der Waals surface area contributed by atoms with Crippen molar-refractivity contribution < 1.29 is 9.90 Å². The van der Waals surface area contributed by atoms with Crippen LogP contribution in [-0.4, -0.2) is 37.7 Å². The van der Waals surface area contributed by atoms with Gasteiger partial charge in [0, 0.05) is 16.8 Å². The minimum atomic E-state index is -0.299. The first-order chi connectivity index (χ1) is 16.7. The van der Waals surface area contributed by atoms with Crippen molar-refractivity contribution in [2.75, 3.05) is 5.75 Å². The zero-order chi connectivity index (χ0) is 23.8. The van der Waals surface area contributed by atoms with E-state index in [0.29, 0.717) is 23.0 Å². The normalized spacial score (nSPS) is 10.9. The van der Waals surface area contributed by atoms with Crippen molar-refractivity contribution in [2.24, 2.45) is 5.10 Å². The minimum Gasteiger partial charge on any atom is -0.507 e. The Bertz CT molecular complexity index is 1300. The molecular formula is C26H23N5O2S. The van der Waals surface area contributed by atoms with E-state index in [1.54, 1.807) is 12.1 Å². The average molecular weight is 470 g/mol. The zero-order valence-electron chi connectivity index (χ0n) is 18.3. The van der Waals surface area contributed by atoms with Gasteiger partial charge in [-0.25, -0.2) is 5.43 Å². The number of phenols is 1. The number of hydrazone groups is 1. The maximum atomic E-state index is 12.4. The van der Waals surface area contributed by atoms with Gasteiger partial charge in [-0.2, -0.15) is 5.10 Å². The SMILES string of the molecule is C=CCc1cccc(/C=N\NC(=O)CSc2nnc(-c3ccccc3)n2-c2ccccc2)c1O. The summed E-state index contributed by atoms with van der Waals surface area (Å²) in [4.78, 5) is 12.4. The highest BCUT2D eigenvalue weighted by Crippen LogP contribution is 2.27. The largest absolute Gasteiger partial charge is 0.507 e. The molecule has 0 aliphatic rings. The summed E-state index contributed by atoms with van der Waals surface area (Å²) >= 11 is 1.27. The molecule has 2 N–H and O–H groups in total. The van der Waals surface area contributed by atoms with E-state index >= 15 is 0 Å². The topological polar surface area (TPSA) is 92.4 Å². The summed E-state index contributed by atoms with van der Waals surface area (Å²) in [7, 11) is 0. The number of phenolic OH excluding ortho intramolecular Hbond substituents is 1. The van der Waals surface area contributed by atoms with E-state index < -0.39 is 0 Å². The number of para-hydroxylation sites is 2. The Morgan fingerprint density at radius 2 is 1.76 bits per heavy atom. The molecule has 0 fully saturated rings. The van der Waals surface area contributed by atoms with Crippen molar-refractivity contribution in [3.63, 3.8) is 0 Å². The molecule has 4 rings (SSSR count). The van der Waals surface area contributed by atoms with Crippen molar-refractivity contribution in [1.82, 2.24) is 20.2 Å². The van der Waals surface area contributed by atoms with Crippen molar-refractivity contribution in [2.45, 2.75) is 11.6 Å². The predicted molar refractivity (Wildman–Crippen MR) is 135 cm³/mol. The van der Waals surface area contributed by atoms with Crippen LogP contribution in [0.4, 0.5) is 0 Å². The summed E-state index contributed by atoms with van der Waals surface area (Å²) in [6.07, 6.45) is 3.68. The van der Waals surface area contributed by atoms with Crippen LogP contribution in [-0.2, 0) is 11.2 Å². The molecule has 8 heteroatoms. The molecule has 0 radical (unpaired) electrons. The molecule has 170 valence electrons. The van der Waals surface area contributed by atoms with Gasteiger partial charge in [0.15, 0.2) is 11.0 Å². The van der Waals surface area contributed by atoms with Crippen LogP contribution in [0.5, 0.6) is 5.75 Å². The highest BCUT2D eigenvalue weighted by Gasteiger charge is 2.17. The standard InChI is InChI=1S/C26H23N5O2S/c1-2-10-19-13-9-14-21(24(19)33)17-27-28-23(32)18-34-26-30-29-25(20-11-5-3-6-12-20)31(26)22-15-7-4-8-16-22/h2-9,11-17,33H,1,10,18H2,(H,28,32)/b27-17-. The number of allylic oxidation sites excluding steroid dienone is 1. The first-order valence-corrected chi connectivity index (χ1v) is 11.6. The number of hydrogen-bond acceptors (Lipinski definition) is 6. The van der Waals surface area contributed by atoms with Crippen molar-refractivity contribution in [3.8, 4) is 22.8 Å². The number of aromatic nitrogens is 3. The number of rotatable bonds is 9. The van der Waals surface area contributed by atoms with Gasteiger partial charge in [0.05, 0.1) is 12.0 Å². The molecule has 0 spiro atoms. The fourth-order valence-electron chi connectivity index (χ4n) is 3.32. The number of nitrogens with zero attached hydrogens (tertiary/aromatic N) is 4. The van der Waals surface area contributed by atoms with Crippen molar-refractivity contribution in [3.05, 3.63) is 103 Å². The maximum Gasteiger partial charge on any atom is 0.250 e. The molecule has 0 aliphatic heterocycles. The van der Waals surface area contributed by atoms with E-state index in [-0.39, 0.29) is 17.4 Å². The van der Waals surface area contributed by atoms with Gasteiger partial charge in [-0.1, -0.05) is 78.5 Å². The molecule has 0 unspecified atom stereocenters. The maximum absolute atomic E-state index is 12.4. The number of carbonyl (C=O) groups excluding carboxylic acids is 1. The fourth-order valence-corrected chi connectivity index (χ4v) is 4.06. The molecule has 0 aliphatic carbocycles. The summed E-state index contributed by atoms with van der Waals surface area (Å²) in [6, 6.07) is 24.9. The third kappa shape index (κ3) is 5.41. The molecule has 0 saturated carbocycles. The van der Waals surface area contributed by atoms with Gasteiger partial charge in [0.2, 0.25) is 0 Å². The van der Waals surface area contributed by atoms with Crippen LogP contribution in [0.25, 0.3) is 17.1 Å². The highest BCUT2D eigenvalue weighted by atomic mass is 32.2. The van der Waals surface area contributed by atoms with Crippen LogP contribution in [0.2, 0.25) is 0 Å². The Kier molecular flexibility index (Phi) is 7.52. The molecule has 1 heterocycles. The fraction of sp³-hybridized carbons (Fsp3) is 0.0769. The summed E-state index contributed by atoms with van der Waals surface area (Å²) in [5.74, 6) is 0.619. The van der Waals surface area contributed by atoms with Crippen LogP contribution in [0.1, 0.15) is 11.1 Å². The lowest BCUT2D eigenvalue weighted by molar-refractivity contribution is -0.118. The van der Waals surface area contributed by atoms with E-state index in [1.165, 1.54) is 18.0 Å². The first-order valence-electron chi connectivity index (χ1n) is 10.6. The number of amides is 1. The van der Waals surface area contributed by atoms with Gasteiger partial charge in [-0.3, -0.25) is 9.36 Å². The van der Waals surface area contributed by atoms with Gasteiger partial charge in [-0.05, 0) is 30.2 Å². The zero-order valence-corrected chi connectivity index (χ0v) is 19.2. The van der Waals surface area contributed by atoms with E-state index in [1.807, 2.05) is 77.4 Å². The molecule has 0 bridgehead atoms. The summed E-state index contributed by atoms with van der Waals surface area (Å²) in [5, 5.41) is 23.6. The third-order valence-corrected chi connectivity index (χ3v) is 5.85. The van der Waals surface area contributed by atoms with Gasteiger partial charge in [0.25, 0.3) is 5.91 Å².